The van der Waals surface area contributed by atoms with E-state index in [-0.39, 0.29) is 16.7 Å². The van der Waals surface area contributed by atoms with Crippen molar-refractivity contribution in [1.29, 1.82) is 0 Å². The molecule has 10 heteroatoms. The lowest BCUT2D eigenvalue weighted by Gasteiger charge is -2.23. The van der Waals surface area contributed by atoms with Crippen molar-refractivity contribution < 1.29 is 17.7 Å². The molecule has 0 atom stereocenters. The van der Waals surface area contributed by atoms with Crippen LogP contribution in [0, 0.1) is 13.8 Å². The van der Waals surface area contributed by atoms with Gasteiger partial charge < -0.3 is 9.84 Å². The Bertz CT molecular complexity index is 1590. The number of aromatic nitrogens is 1. The highest BCUT2D eigenvalue weighted by atomic mass is 32.2. The maximum Gasteiger partial charge on any atom is 0.264 e. The number of amidine groups is 1. The summed E-state index contributed by atoms with van der Waals surface area (Å²) in [5.41, 5.74) is 4.05. The molecule has 1 aromatic heterocycles. The number of hydrogen-bond donors (Lipinski definition) is 2. The van der Waals surface area contributed by atoms with Gasteiger partial charge in [0.1, 0.15) is 11.4 Å². The van der Waals surface area contributed by atoms with Crippen molar-refractivity contribution in [2.24, 2.45) is 4.99 Å². The first-order valence-corrected chi connectivity index (χ1v) is 16.5. The summed E-state index contributed by atoms with van der Waals surface area (Å²) >= 11 is 0. The monoisotopic (exact) mass is 591 g/mol. The van der Waals surface area contributed by atoms with E-state index in [1.807, 2.05) is 36.1 Å². The van der Waals surface area contributed by atoms with Crippen molar-refractivity contribution in [2.45, 2.75) is 96.2 Å². The van der Waals surface area contributed by atoms with Gasteiger partial charge in [0.2, 0.25) is 5.88 Å². The maximum atomic E-state index is 13.7. The molecule has 224 valence electrons. The molecule has 0 unspecified atom stereocenters. The van der Waals surface area contributed by atoms with Gasteiger partial charge in [0, 0.05) is 24.1 Å². The number of aryl methyl sites for hydroxylation is 1. The molecule has 5 rings (SSSR count). The second-order valence-corrected chi connectivity index (χ2v) is 13.0. The molecule has 1 aliphatic carbocycles. The molecule has 1 amide bonds. The third-order valence-electron chi connectivity index (χ3n) is 8.41. The number of nitrogens with zero attached hydrogens (tertiary/aromatic N) is 3. The Morgan fingerprint density at radius 3 is 2.50 bits per heavy atom. The molecule has 1 saturated carbocycles. The van der Waals surface area contributed by atoms with E-state index in [1.54, 1.807) is 26.0 Å². The van der Waals surface area contributed by atoms with Crippen molar-refractivity contribution in [3.05, 3.63) is 64.8 Å². The number of carbonyl (C=O) groups is 1. The van der Waals surface area contributed by atoms with Crippen LogP contribution in [0.15, 0.2) is 56.9 Å². The molecular weight excluding hydrogens is 550 g/mol. The highest BCUT2D eigenvalue weighted by molar-refractivity contribution is 7.92. The van der Waals surface area contributed by atoms with Crippen LogP contribution in [0.3, 0.4) is 0 Å². The van der Waals surface area contributed by atoms with Crippen LogP contribution >= 0.6 is 0 Å². The first-order chi connectivity index (χ1) is 20.2. The molecular formula is C32H41N5O4S. The topological polar surface area (TPSA) is 117 Å². The normalized spacial score (nSPS) is 16.4. The molecule has 2 aromatic carbocycles. The zero-order valence-electron chi connectivity index (χ0n) is 25.0. The van der Waals surface area contributed by atoms with E-state index in [2.05, 4.69) is 28.2 Å². The lowest BCUT2D eigenvalue weighted by atomic mass is 9.96. The minimum Gasteiger partial charge on any atom is -0.337 e. The van der Waals surface area contributed by atoms with Gasteiger partial charge in [-0.05, 0) is 62.4 Å². The van der Waals surface area contributed by atoms with Gasteiger partial charge in [-0.2, -0.15) is 0 Å². The van der Waals surface area contributed by atoms with Crippen LogP contribution in [0.1, 0.15) is 81.2 Å². The van der Waals surface area contributed by atoms with Crippen LogP contribution in [0.5, 0.6) is 0 Å². The Kier molecular flexibility index (Phi) is 8.84. The summed E-state index contributed by atoms with van der Waals surface area (Å²) in [6.45, 7) is 9.48. The van der Waals surface area contributed by atoms with Crippen LogP contribution < -0.4 is 10.0 Å². The highest BCUT2D eigenvalue weighted by Gasteiger charge is 2.49. The number of sulfonamides is 1. The Balaban J connectivity index is 1.49. The number of hydrogen-bond acceptors (Lipinski definition) is 7. The largest absolute Gasteiger partial charge is 0.337 e. The molecule has 0 saturated heterocycles. The SMILES string of the molecule is CCCCC1=NC2(CCCC2)C(=O)N1Cc1ccc(-c2ccccc2S(=O)(=O)Nc2onc(C)c2C)c(CNCC)c1. The van der Waals surface area contributed by atoms with Crippen LogP contribution in [0.25, 0.3) is 11.1 Å². The van der Waals surface area contributed by atoms with Crippen molar-refractivity contribution in [3.63, 3.8) is 0 Å². The van der Waals surface area contributed by atoms with E-state index < -0.39 is 15.6 Å². The summed E-state index contributed by atoms with van der Waals surface area (Å²) in [5.74, 6) is 1.15. The van der Waals surface area contributed by atoms with E-state index in [9.17, 15) is 13.2 Å². The van der Waals surface area contributed by atoms with E-state index in [0.29, 0.717) is 29.9 Å². The van der Waals surface area contributed by atoms with Crippen molar-refractivity contribution in [3.8, 4) is 11.1 Å². The van der Waals surface area contributed by atoms with Crippen molar-refractivity contribution in [1.82, 2.24) is 15.4 Å². The average Bonchev–Trinajstić information content (AvgIpc) is 3.66. The highest BCUT2D eigenvalue weighted by Crippen LogP contribution is 2.40. The predicted molar refractivity (Wildman–Crippen MR) is 165 cm³/mol. The van der Waals surface area contributed by atoms with Crippen molar-refractivity contribution in [2.75, 3.05) is 11.3 Å². The molecule has 3 aromatic rings. The number of carbonyl (C=O) groups excluding carboxylic acids is 1. The summed E-state index contributed by atoms with van der Waals surface area (Å²) in [6.07, 6.45) is 6.58. The molecule has 2 N–H and O–H groups in total. The summed E-state index contributed by atoms with van der Waals surface area (Å²) in [6, 6.07) is 13.0. The summed E-state index contributed by atoms with van der Waals surface area (Å²) in [4.78, 5) is 20.8. The van der Waals surface area contributed by atoms with Gasteiger partial charge in [0.05, 0.1) is 17.1 Å². The van der Waals surface area contributed by atoms with Gasteiger partial charge in [-0.3, -0.25) is 14.7 Å². The van der Waals surface area contributed by atoms with E-state index in [4.69, 9.17) is 9.52 Å². The van der Waals surface area contributed by atoms with Gasteiger partial charge >= 0.3 is 0 Å². The van der Waals surface area contributed by atoms with E-state index in [0.717, 1.165) is 74.0 Å². The number of anilines is 1. The first kappa shape index (κ1) is 30.0. The van der Waals surface area contributed by atoms with Gasteiger partial charge in [0.25, 0.3) is 15.9 Å². The molecule has 1 spiro atoms. The Morgan fingerprint density at radius 1 is 1.05 bits per heavy atom. The standard InChI is InChI=1S/C32H41N5O4S/c1-5-7-14-29-34-32(17-10-11-18-32)31(38)37(29)21-24-15-16-26(25(19-24)20-33-6-2)27-12-8-9-13-28(27)42(39,40)36-30-22(3)23(4)35-41-30/h8-9,12-13,15-16,19,33,36H,5-7,10-11,14,17-18,20-21H2,1-4H3. The molecule has 42 heavy (non-hydrogen) atoms. The number of nitrogens with one attached hydrogen (secondary N) is 2. The fraction of sp³-hybridized carbons (Fsp3) is 0.469. The van der Waals surface area contributed by atoms with Crippen LogP contribution in [0.2, 0.25) is 0 Å². The van der Waals surface area contributed by atoms with E-state index >= 15 is 0 Å². The quantitative estimate of drug-likeness (QED) is 0.262. The minimum atomic E-state index is -3.98. The molecule has 2 aliphatic rings. The Morgan fingerprint density at radius 2 is 1.81 bits per heavy atom. The third-order valence-corrected chi connectivity index (χ3v) is 9.80. The second-order valence-electron chi connectivity index (χ2n) is 11.4. The average molecular weight is 592 g/mol. The number of unbranched alkanes of at least 4 members (excludes halogenated alkanes) is 1. The van der Waals surface area contributed by atoms with Gasteiger partial charge in [-0.25, -0.2) is 13.1 Å². The third kappa shape index (κ3) is 5.87. The molecule has 2 heterocycles. The second kappa shape index (κ2) is 12.4. The molecule has 1 aliphatic heterocycles. The fourth-order valence-electron chi connectivity index (χ4n) is 5.91. The molecule has 1 fully saturated rings. The fourth-order valence-corrected chi connectivity index (χ4v) is 7.18. The van der Waals surface area contributed by atoms with Crippen LogP contribution in [-0.2, 0) is 27.9 Å². The number of rotatable bonds is 12. The predicted octanol–water partition coefficient (Wildman–Crippen LogP) is 6.11. The summed E-state index contributed by atoms with van der Waals surface area (Å²) < 4.78 is 35.0. The Hall–Kier alpha value is -3.50. The van der Waals surface area contributed by atoms with Gasteiger partial charge in [0.15, 0.2) is 0 Å². The van der Waals surface area contributed by atoms with Gasteiger partial charge in [-0.1, -0.05) is 74.7 Å². The first-order valence-electron chi connectivity index (χ1n) is 15.0. The number of amides is 1. The van der Waals surface area contributed by atoms with Crippen molar-refractivity contribution >= 4 is 27.7 Å². The minimum absolute atomic E-state index is 0.112. The zero-order chi connectivity index (χ0) is 29.9. The lowest BCUT2D eigenvalue weighted by Crippen LogP contribution is -2.40. The molecule has 9 nitrogen and oxygen atoms in total. The summed E-state index contributed by atoms with van der Waals surface area (Å²) in [7, 11) is -3.98. The molecule has 0 radical (unpaired) electrons. The Labute approximate surface area is 248 Å². The maximum absolute atomic E-state index is 13.7. The number of aliphatic imine (C=N–C) groups is 1. The van der Waals surface area contributed by atoms with E-state index in [1.165, 1.54) is 0 Å². The number of benzene rings is 2. The molecule has 0 bridgehead atoms. The lowest BCUT2D eigenvalue weighted by molar-refractivity contribution is -0.131. The zero-order valence-corrected chi connectivity index (χ0v) is 25.8. The summed E-state index contributed by atoms with van der Waals surface area (Å²) in [5, 5.41) is 7.27. The van der Waals surface area contributed by atoms with Crippen LogP contribution in [0.4, 0.5) is 5.88 Å². The van der Waals surface area contributed by atoms with Crippen LogP contribution in [-0.4, -0.2) is 42.3 Å². The van der Waals surface area contributed by atoms with Gasteiger partial charge in [-0.15, -0.1) is 0 Å². The smallest absolute Gasteiger partial charge is 0.264 e.